The molecular formula is C7H14N2O3S. The fraction of sp³-hybridized carbons (Fsp3) is 0.857. The maximum absolute atomic E-state index is 11.3. The maximum atomic E-state index is 11.3. The normalized spacial score (nSPS) is 28.8. The van der Waals surface area contributed by atoms with E-state index in [1.807, 2.05) is 4.72 Å². The predicted octanol–water partition coefficient (Wildman–Crippen LogP) is -0.810. The van der Waals surface area contributed by atoms with Crippen LogP contribution in [0.25, 0.3) is 0 Å². The molecule has 1 rings (SSSR count). The lowest BCUT2D eigenvalue weighted by atomic mass is 10.0. The highest BCUT2D eigenvalue weighted by atomic mass is 32.2. The maximum Gasteiger partial charge on any atom is 0.238 e. The van der Waals surface area contributed by atoms with Crippen LogP contribution in [0.5, 0.6) is 0 Å². The van der Waals surface area contributed by atoms with Crippen molar-refractivity contribution in [2.75, 3.05) is 6.26 Å². The van der Waals surface area contributed by atoms with Gasteiger partial charge in [0.25, 0.3) is 0 Å². The van der Waals surface area contributed by atoms with E-state index in [9.17, 15) is 13.2 Å². The molecule has 0 saturated heterocycles. The van der Waals surface area contributed by atoms with E-state index in [0.29, 0.717) is 6.42 Å². The zero-order valence-corrected chi connectivity index (χ0v) is 8.30. The Kier molecular flexibility index (Phi) is 2.92. The molecule has 0 radical (unpaired) electrons. The number of rotatable bonds is 2. The lowest BCUT2D eigenvalue weighted by molar-refractivity contribution is -0.123. The SMILES string of the molecule is CS(=O)(=O)NC(=O)C1CCCC1N. The van der Waals surface area contributed by atoms with Crippen molar-refractivity contribution in [3.05, 3.63) is 0 Å². The number of amides is 1. The minimum Gasteiger partial charge on any atom is -0.327 e. The van der Waals surface area contributed by atoms with E-state index in [-0.39, 0.29) is 12.0 Å². The summed E-state index contributed by atoms with van der Waals surface area (Å²) in [5.41, 5.74) is 5.64. The van der Waals surface area contributed by atoms with Gasteiger partial charge in [-0.1, -0.05) is 6.42 Å². The van der Waals surface area contributed by atoms with Crippen molar-refractivity contribution >= 4 is 15.9 Å². The third-order valence-corrected chi connectivity index (χ3v) is 2.76. The third-order valence-electron chi connectivity index (χ3n) is 2.19. The lowest BCUT2D eigenvalue weighted by Crippen LogP contribution is -2.40. The number of hydrogen-bond acceptors (Lipinski definition) is 4. The summed E-state index contributed by atoms with van der Waals surface area (Å²) in [4.78, 5) is 11.3. The Morgan fingerprint density at radius 1 is 1.46 bits per heavy atom. The van der Waals surface area contributed by atoms with Crippen molar-refractivity contribution in [2.45, 2.75) is 25.3 Å². The molecule has 6 heteroatoms. The van der Waals surface area contributed by atoms with Crippen molar-refractivity contribution in [3.63, 3.8) is 0 Å². The highest BCUT2D eigenvalue weighted by Gasteiger charge is 2.31. The van der Waals surface area contributed by atoms with Crippen molar-refractivity contribution in [1.29, 1.82) is 0 Å². The number of sulfonamides is 1. The average molecular weight is 206 g/mol. The van der Waals surface area contributed by atoms with E-state index >= 15 is 0 Å². The predicted molar refractivity (Wildman–Crippen MR) is 48.3 cm³/mol. The summed E-state index contributed by atoms with van der Waals surface area (Å²) in [7, 11) is -3.44. The van der Waals surface area contributed by atoms with Gasteiger partial charge >= 0.3 is 0 Å². The minimum atomic E-state index is -3.44. The Bertz CT molecular complexity index is 299. The quantitative estimate of drug-likeness (QED) is 0.618. The van der Waals surface area contributed by atoms with E-state index in [1.165, 1.54) is 0 Å². The summed E-state index contributed by atoms with van der Waals surface area (Å²) < 4.78 is 23.4. The van der Waals surface area contributed by atoms with Crippen LogP contribution in [-0.2, 0) is 14.8 Å². The molecule has 0 spiro atoms. The molecule has 0 heterocycles. The Balaban J connectivity index is 2.58. The first-order chi connectivity index (χ1) is 5.90. The molecule has 0 bridgehead atoms. The second-order valence-electron chi connectivity index (χ2n) is 3.44. The molecule has 13 heavy (non-hydrogen) atoms. The van der Waals surface area contributed by atoms with Crippen LogP contribution in [0.1, 0.15) is 19.3 Å². The van der Waals surface area contributed by atoms with Crippen molar-refractivity contribution in [2.24, 2.45) is 11.7 Å². The summed E-state index contributed by atoms with van der Waals surface area (Å²) in [6, 6.07) is -0.193. The van der Waals surface area contributed by atoms with Crippen LogP contribution >= 0.6 is 0 Å². The summed E-state index contributed by atoms with van der Waals surface area (Å²) in [6.45, 7) is 0. The molecule has 1 amide bonds. The molecule has 0 aromatic heterocycles. The van der Waals surface area contributed by atoms with Gasteiger partial charge in [-0.05, 0) is 12.8 Å². The monoisotopic (exact) mass is 206 g/mol. The molecule has 76 valence electrons. The first-order valence-electron chi connectivity index (χ1n) is 4.17. The topological polar surface area (TPSA) is 89.3 Å². The van der Waals surface area contributed by atoms with Crippen LogP contribution in [0, 0.1) is 5.92 Å². The molecular weight excluding hydrogens is 192 g/mol. The Morgan fingerprint density at radius 3 is 2.46 bits per heavy atom. The van der Waals surface area contributed by atoms with Crippen LogP contribution in [-0.4, -0.2) is 26.6 Å². The van der Waals surface area contributed by atoms with Gasteiger partial charge in [0, 0.05) is 6.04 Å². The fourth-order valence-corrected chi connectivity index (χ4v) is 2.09. The minimum absolute atomic E-state index is 0.193. The molecule has 0 aliphatic heterocycles. The van der Waals surface area contributed by atoms with Gasteiger partial charge in [0.1, 0.15) is 0 Å². The number of carbonyl (C=O) groups is 1. The van der Waals surface area contributed by atoms with Crippen molar-refractivity contribution < 1.29 is 13.2 Å². The van der Waals surface area contributed by atoms with E-state index in [4.69, 9.17) is 5.73 Å². The van der Waals surface area contributed by atoms with Crippen molar-refractivity contribution in [3.8, 4) is 0 Å². The van der Waals surface area contributed by atoms with E-state index in [0.717, 1.165) is 19.1 Å². The first kappa shape index (κ1) is 10.5. The van der Waals surface area contributed by atoms with Crippen molar-refractivity contribution in [1.82, 2.24) is 4.72 Å². The second-order valence-corrected chi connectivity index (χ2v) is 5.19. The Hall–Kier alpha value is -0.620. The average Bonchev–Trinajstić information content (AvgIpc) is 2.30. The zero-order valence-electron chi connectivity index (χ0n) is 7.49. The fourth-order valence-electron chi connectivity index (χ4n) is 1.57. The van der Waals surface area contributed by atoms with Crippen LogP contribution in [0.3, 0.4) is 0 Å². The molecule has 5 nitrogen and oxygen atoms in total. The van der Waals surface area contributed by atoms with Gasteiger partial charge in [-0.2, -0.15) is 0 Å². The molecule has 1 saturated carbocycles. The molecule has 1 aliphatic carbocycles. The van der Waals surface area contributed by atoms with Gasteiger partial charge < -0.3 is 5.73 Å². The van der Waals surface area contributed by atoms with Gasteiger partial charge in [0.2, 0.25) is 15.9 Å². The standard InChI is InChI=1S/C7H14N2O3S/c1-13(11,12)9-7(10)5-3-2-4-6(5)8/h5-6H,2-4,8H2,1H3,(H,9,10). The molecule has 2 unspecified atom stereocenters. The van der Waals surface area contributed by atoms with Gasteiger partial charge in [0.05, 0.1) is 12.2 Å². The van der Waals surface area contributed by atoms with E-state index in [2.05, 4.69) is 0 Å². The second kappa shape index (κ2) is 3.63. The van der Waals surface area contributed by atoms with Crippen LogP contribution in [0.2, 0.25) is 0 Å². The highest BCUT2D eigenvalue weighted by Crippen LogP contribution is 2.23. The summed E-state index contributed by atoms with van der Waals surface area (Å²) in [5.74, 6) is -0.803. The van der Waals surface area contributed by atoms with E-state index in [1.54, 1.807) is 0 Å². The van der Waals surface area contributed by atoms with Crippen LogP contribution in [0.15, 0.2) is 0 Å². The zero-order chi connectivity index (χ0) is 10.1. The molecule has 0 aromatic carbocycles. The first-order valence-corrected chi connectivity index (χ1v) is 6.06. The molecule has 1 aliphatic rings. The lowest BCUT2D eigenvalue weighted by Gasteiger charge is -2.13. The van der Waals surface area contributed by atoms with Crippen LogP contribution in [0.4, 0.5) is 0 Å². The number of nitrogens with two attached hydrogens (primary N) is 1. The third kappa shape index (κ3) is 2.96. The van der Waals surface area contributed by atoms with Gasteiger partial charge in [-0.15, -0.1) is 0 Å². The highest BCUT2D eigenvalue weighted by molar-refractivity contribution is 7.89. The summed E-state index contributed by atoms with van der Waals surface area (Å²) in [5, 5.41) is 0. The number of nitrogens with one attached hydrogen (secondary N) is 1. The largest absolute Gasteiger partial charge is 0.327 e. The number of hydrogen-bond donors (Lipinski definition) is 2. The summed E-state index contributed by atoms with van der Waals surface area (Å²) >= 11 is 0. The Morgan fingerprint density at radius 2 is 2.08 bits per heavy atom. The van der Waals surface area contributed by atoms with Crippen LogP contribution < -0.4 is 10.5 Å². The molecule has 0 aromatic rings. The molecule has 2 atom stereocenters. The summed E-state index contributed by atoms with van der Waals surface area (Å²) in [6.07, 6.45) is 3.33. The molecule has 3 N–H and O–H groups in total. The van der Waals surface area contributed by atoms with E-state index < -0.39 is 15.9 Å². The smallest absolute Gasteiger partial charge is 0.238 e. The van der Waals surface area contributed by atoms with Gasteiger partial charge in [0.15, 0.2) is 0 Å². The van der Waals surface area contributed by atoms with Gasteiger partial charge in [-0.25, -0.2) is 8.42 Å². The van der Waals surface area contributed by atoms with Gasteiger partial charge in [-0.3, -0.25) is 9.52 Å². The number of carbonyl (C=O) groups excluding carboxylic acids is 1. The molecule has 1 fully saturated rings. The Labute approximate surface area is 77.7 Å².